The third-order valence-corrected chi connectivity index (χ3v) is 3.90. The zero-order valence-electron chi connectivity index (χ0n) is 9.48. The molecule has 0 aliphatic carbocycles. The van der Waals surface area contributed by atoms with Crippen LogP contribution in [0.15, 0.2) is 34.1 Å². The molecule has 1 aromatic carbocycles. The number of carbonyl (C=O) groups excluding carboxylic acids is 1. The third-order valence-electron chi connectivity index (χ3n) is 2.04. The maximum atomic E-state index is 11.7. The molecule has 0 radical (unpaired) electrons. The van der Waals surface area contributed by atoms with Gasteiger partial charge in [-0.1, -0.05) is 35.2 Å². The van der Waals surface area contributed by atoms with Crippen LogP contribution in [0.5, 0.6) is 0 Å². The summed E-state index contributed by atoms with van der Waals surface area (Å²) in [4.78, 5) is 21.9. The van der Waals surface area contributed by atoms with Crippen molar-refractivity contribution in [3.63, 3.8) is 0 Å². The van der Waals surface area contributed by atoms with Gasteiger partial charge in [-0.15, -0.1) is 10.2 Å². The predicted octanol–water partition coefficient (Wildman–Crippen LogP) is 2.18. The Morgan fingerprint density at radius 1 is 1.47 bits per heavy atom. The Bertz CT molecular complexity index is 588. The molecule has 7 nitrogen and oxygen atoms in total. The SMILES string of the molecule is O=C(CSc1nncs1)Nc1ccccc1[N+](=O)[O-]. The number of nitro groups is 1. The average Bonchev–Trinajstić information content (AvgIpc) is 2.90. The summed E-state index contributed by atoms with van der Waals surface area (Å²) in [5.41, 5.74) is 1.63. The Labute approximate surface area is 116 Å². The zero-order chi connectivity index (χ0) is 13.7. The molecule has 1 N–H and O–H groups in total. The van der Waals surface area contributed by atoms with Gasteiger partial charge in [0.15, 0.2) is 4.34 Å². The molecule has 2 aromatic rings. The standard InChI is InChI=1S/C10H8N4O3S2/c15-9(5-18-10-13-11-6-19-10)12-7-3-1-2-4-8(7)14(16)17/h1-4,6H,5H2,(H,12,15). The molecule has 0 fully saturated rings. The minimum absolute atomic E-state index is 0.126. The first-order chi connectivity index (χ1) is 9.16. The number of carbonyl (C=O) groups is 1. The van der Waals surface area contributed by atoms with Crippen LogP contribution < -0.4 is 5.32 Å². The lowest BCUT2D eigenvalue weighted by atomic mass is 10.2. The Kier molecular flexibility index (Phi) is 4.42. The number of aromatic nitrogens is 2. The molecule has 9 heteroatoms. The summed E-state index contributed by atoms with van der Waals surface area (Å²) in [6.07, 6.45) is 0. The second-order valence-electron chi connectivity index (χ2n) is 3.32. The van der Waals surface area contributed by atoms with Crippen LogP contribution in [-0.2, 0) is 4.79 Å². The Balaban J connectivity index is 1.97. The van der Waals surface area contributed by atoms with E-state index in [4.69, 9.17) is 0 Å². The lowest BCUT2D eigenvalue weighted by molar-refractivity contribution is -0.383. The highest BCUT2D eigenvalue weighted by atomic mass is 32.2. The van der Waals surface area contributed by atoms with Crippen LogP contribution >= 0.6 is 23.1 Å². The molecule has 98 valence electrons. The predicted molar refractivity (Wildman–Crippen MR) is 72.4 cm³/mol. The van der Waals surface area contributed by atoms with Gasteiger partial charge in [0.1, 0.15) is 11.2 Å². The molecule has 0 spiro atoms. The number of hydrogen-bond acceptors (Lipinski definition) is 7. The molecule has 1 amide bonds. The number of nitrogens with zero attached hydrogens (tertiary/aromatic N) is 3. The van der Waals surface area contributed by atoms with Crippen LogP contribution in [0.3, 0.4) is 0 Å². The molecule has 0 saturated carbocycles. The summed E-state index contributed by atoms with van der Waals surface area (Å²) in [6, 6.07) is 6.00. The fourth-order valence-corrected chi connectivity index (χ4v) is 2.57. The highest BCUT2D eigenvalue weighted by molar-refractivity contribution is 8.01. The molecule has 0 aliphatic heterocycles. The van der Waals surface area contributed by atoms with Crippen LogP contribution in [0.2, 0.25) is 0 Å². The molecule has 0 unspecified atom stereocenters. The summed E-state index contributed by atoms with van der Waals surface area (Å²) in [5, 5.41) is 20.7. The van der Waals surface area contributed by atoms with Gasteiger partial charge in [0, 0.05) is 6.07 Å². The van der Waals surface area contributed by atoms with E-state index in [1.165, 1.54) is 35.2 Å². The Morgan fingerprint density at radius 3 is 2.95 bits per heavy atom. The van der Waals surface area contributed by atoms with Gasteiger partial charge < -0.3 is 5.32 Å². The zero-order valence-corrected chi connectivity index (χ0v) is 11.1. The van der Waals surface area contributed by atoms with Crippen molar-refractivity contribution in [2.45, 2.75) is 4.34 Å². The van der Waals surface area contributed by atoms with Crippen LogP contribution in [0.25, 0.3) is 0 Å². The number of nitro benzene ring substituents is 1. The average molecular weight is 296 g/mol. The van der Waals surface area contributed by atoms with Gasteiger partial charge in [-0.25, -0.2) is 0 Å². The van der Waals surface area contributed by atoms with Crippen molar-refractivity contribution in [2.75, 3.05) is 11.1 Å². The molecule has 2 rings (SSSR count). The lowest BCUT2D eigenvalue weighted by Crippen LogP contribution is -2.15. The minimum atomic E-state index is -0.534. The van der Waals surface area contributed by atoms with Crippen molar-refractivity contribution in [2.24, 2.45) is 0 Å². The van der Waals surface area contributed by atoms with Crippen molar-refractivity contribution in [1.82, 2.24) is 10.2 Å². The highest BCUT2D eigenvalue weighted by Gasteiger charge is 2.14. The summed E-state index contributed by atoms with van der Waals surface area (Å²) < 4.78 is 0.678. The maximum Gasteiger partial charge on any atom is 0.292 e. The van der Waals surface area contributed by atoms with Crippen LogP contribution in [0.4, 0.5) is 11.4 Å². The smallest absolute Gasteiger partial charge is 0.292 e. The normalized spacial score (nSPS) is 10.1. The summed E-state index contributed by atoms with van der Waals surface area (Å²) >= 11 is 2.56. The molecule has 0 aliphatic rings. The van der Waals surface area contributed by atoms with Gasteiger partial charge >= 0.3 is 0 Å². The van der Waals surface area contributed by atoms with Crippen LogP contribution in [-0.4, -0.2) is 26.8 Å². The molecule has 19 heavy (non-hydrogen) atoms. The van der Waals surface area contributed by atoms with E-state index in [0.717, 1.165) is 0 Å². The van der Waals surface area contributed by atoms with Gasteiger partial charge in [0.2, 0.25) is 5.91 Å². The maximum absolute atomic E-state index is 11.7. The molecule has 0 bridgehead atoms. The van der Waals surface area contributed by atoms with Crippen molar-refractivity contribution >= 4 is 40.4 Å². The van der Waals surface area contributed by atoms with E-state index in [1.54, 1.807) is 17.6 Å². The van der Waals surface area contributed by atoms with E-state index < -0.39 is 4.92 Å². The molecular weight excluding hydrogens is 288 g/mol. The van der Waals surface area contributed by atoms with E-state index in [-0.39, 0.29) is 23.0 Å². The monoisotopic (exact) mass is 296 g/mol. The lowest BCUT2D eigenvalue weighted by Gasteiger charge is -2.04. The molecular formula is C10H8N4O3S2. The first-order valence-electron chi connectivity index (χ1n) is 5.09. The summed E-state index contributed by atoms with van der Waals surface area (Å²) in [7, 11) is 0. The number of amides is 1. The van der Waals surface area contributed by atoms with E-state index in [9.17, 15) is 14.9 Å². The topological polar surface area (TPSA) is 98.0 Å². The molecule has 0 saturated heterocycles. The summed E-state index contributed by atoms with van der Waals surface area (Å²) in [6.45, 7) is 0. The summed E-state index contributed by atoms with van der Waals surface area (Å²) in [5.74, 6) is -0.198. The first-order valence-corrected chi connectivity index (χ1v) is 6.95. The van der Waals surface area contributed by atoms with Gasteiger partial charge in [-0.3, -0.25) is 14.9 Å². The largest absolute Gasteiger partial charge is 0.320 e. The van der Waals surface area contributed by atoms with Crippen molar-refractivity contribution in [1.29, 1.82) is 0 Å². The fraction of sp³-hybridized carbons (Fsp3) is 0.100. The van der Waals surface area contributed by atoms with Crippen molar-refractivity contribution in [3.05, 3.63) is 39.9 Å². The highest BCUT2D eigenvalue weighted by Crippen LogP contribution is 2.24. The number of anilines is 1. The van der Waals surface area contributed by atoms with E-state index in [2.05, 4.69) is 15.5 Å². The van der Waals surface area contributed by atoms with Gasteiger partial charge in [-0.05, 0) is 6.07 Å². The van der Waals surface area contributed by atoms with Crippen molar-refractivity contribution in [3.8, 4) is 0 Å². The van der Waals surface area contributed by atoms with Crippen LogP contribution in [0, 0.1) is 10.1 Å². The number of hydrogen-bond donors (Lipinski definition) is 1. The van der Waals surface area contributed by atoms with E-state index >= 15 is 0 Å². The van der Waals surface area contributed by atoms with E-state index in [0.29, 0.717) is 4.34 Å². The first kappa shape index (κ1) is 13.4. The molecule has 1 heterocycles. The van der Waals surface area contributed by atoms with Crippen LogP contribution in [0.1, 0.15) is 0 Å². The second-order valence-corrected chi connectivity index (χ2v) is 5.37. The number of para-hydroxylation sites is 2. The number of benzene rings is 1. The number of thioether (sulfide) groups is 1. The Hall–Kier alpha value is -2.00. The van der Waals surface area contributed by atoms with E-state index in [1.807, 2.05) is 0 Å². The Morgan fingerprint density at radius 2 is 2.26 bits per heavy atom. The van der Waals surface area contributed by atoms with Gasteiger partial charge in [0.25, 0.3) is 5.69 Å². The number of nitrogens with one attached hydrogen (secondary N) is 1. The van der Waals surface area contributed by atoms with Crippen molar-refractivity contribution < 1.29 is 9.72 Å². The molecule has 0 atom stereocenters. The molecule has 1 aromatic heterocycles. The van der Waals surface area contributed by atoms with Gasteiger partial charge in [-0.2, -0.15) is 0 Å². The van der Waals surface area contributed by atoms with Gasteiger partial charge in [0.05, 0.1) is 10.7 Å². The minimum Gasteiger partial charge on any atom is -0.320 e. The third kappa shape index (κ3) is 3.73. The second kappa shape index (κ2) is 6.25. The number of rotatable bonds is 5. The fourth-order valence-electron chi connectivity index (χ4n) is 1.28. The quantitative estimate of drug-likeness (QED) is 0.516.